The molecule has 2 aromatic heterocycles. The first-order valence-electron chi connectivity index (χ1n) is 18.8. The summed E-state index contributed by atoms with van der Waals surface area (Å²) < 4.78 is 33.5. The summed E-state index contributed by atoms with van der Waals surface area (Å²) in [4.78, 5) is 23.1. The zero-order valence-electron chi connectivity index (χ0n) is 32.4. The molecule has 4 aromatic rings. The average molecular weight is 745 g/mol. The van der Waals surface area contributed by atoms with E-state index in [1.165, 1.54) is 17.5 Å². The lowest BCUT2D eigenvalue weighted by atomic mass is 9.97. The predicted molar refractivity (Wildman–Crippen MR) is 215 cm³/mol. The van der Waals surface area contributed by atoms with E-state index in [4.69, 9.17) is 19.2 Å². The molecule has 280 valence electrons. The van der Waals surface area contributed by atoms with Gasteiger partial charge in [-0.05, 0) is 94.8 Å². The second-order valence-electron chi connectivity index (χ2n) is 17.0. The van der Waals surface area contributed by atoms with Crippen LogP contribution in [-0.4, -0.2) is 80.2 Å². The Balaban J connectivity index is 1.20. The van der Waals surface area contributed by atoms with Crippen LogP contribution in [0.5, 0.6) is 11.5 Å². The lowest BCUT2D eigenvalue weighted by Gasteiger charge is -2.41. The number of aromatic nitrogens is 2. The monoisotopic (exact) mass is 744 g/mol. The molecule has 1 aliphatic heterocycles. The smallest absolute Gasteiger partial charge is 0.342 e. The molecular formula is C41H57N4O5PSi. The van der Waals surface area contributed by atoms with Crippen LogP contribution < -0.4 is 14.9 Å². The quantitative estimate of drug-likeness (QED) is 0.0495. The Morgan fingerprint density at radius 3 is 2.48 bits per heavy atom. The predicted octanol–water partition coefficient (Wildman–Crippen LogP) is 8.93. The van der Waals surface area contributed by atoms with Crippen molar-refractivity contribution >= 4 is 43.2 Å². The number of hydrogen-bond donors (Lipinski definition) is 0. The van der Waals surface area contributed by atoms with Crippen molar-refractivity contribution in [2.75, 3.05) is 51.0 Å². The van der Waals surface area contributed by atoms with Gasteiger partial charge in [0.2, 0.25) is 0 Å². The SMILES string of the molecule is CC(C)(C)OC(=O)c1ccc(N2CCN(C3CCCCc4c3cccc4P(C)(C)=O)CC2)cc1Oc1cnc2c(ccn2COCC[Si](C)(C)C)c1. The Hall–Kier alpha value is -3.43. The molecule has 1 fully saturated rings. The van der Waals surface area contributed by atoms with E-state index in [2.05, 4.69) is 47.6 Å². The molecular weight excluding hydrogens is 688 g/mol. The second-order valence-corrected chi connectivity index (χ2v) is 25.8. The normalized spacial score (nSPS) is 17.5. The third kappa shape index (κ3) is 9.37. The third-order valence-corrected chi connectivity index (χ3v) is 13.3. The van der Waals surface area contributed by atoms with Gasteiger partial charge in [-0.2, -0.15) is 0 Å². The van der Waals surface area contributed by atoms with Gasteiger partial charge in [0.25, 0.3) is 0 Å². The van der Waals surface area contributed by atoms with Crippen LogP contribution in [0.1, 0.15) is 67.6 Å². The van der Waals surface area contributed by atoms with Gasteiger partial charge in [-0.3, -0.25) is 4.90 Å². The van der Waals surface area contributed by atoms with Crippen LogP contribution in [0, 0.1) is 0 Å². The Morgan fingerprint density at radius 2 is 1.77 bits per heavy atom. The highest BCUT2D eigenvalue weighted by molar-refractivity contribution is 7.70. The first kappa shape index (κ1) is 38.3. The molecule has 0 spiro atoms. The van der Waals surface area contributed by atoms with Crippen LogP contribution in [0.25, 0.3) is 11.0 Å². The molecule has 0 amide bonds. The largest absolute Gasteiger partial charge is 0.456 e. The van der Waals surface area contributed by atoms with Crippen molar-refractivity contribution < 1.29 is 23.6 Å². The summed E-state index contributed by atoms with van der Waals surface area (Å²) in [7, 11) is -3.53. The highest BCUT2D eigenvalue weighted by Crippen LogP contribution is 2.41. The van der Waals surface area contributed by atoms with Crippen molar-refractivity contribution in [1.29, 1.82) is 0 Å². The summed E-state index contributed by atoms with van der Waals surface area (Å²) >= 11 is 0. The highest BCUT2D eigenvalue weighted by Gasteiger charge is 2.31. The van der Waals surface area contributed by atoms with Gasteiger partial charge < -0.3 is 28.2 Å². The Kier molecular flexibility index (Phi) is 11.4. The van der Waals surface area contributed by atoms with Crippen molar-refractivity contribution in [2.45, 2.75) is 90.5 Å². The number of hydrogen-bond acceptors (Lipinski definition) is 8. The number of carbonyl (C=O) groups excluding carboxylic acids is 1. The molecule has 0 radical (unpaired) electrons. The molecule has 3 heterocycles. The zero-order valence-corrected chi connectivity index (χ0v) is 34.3. The number of anilines is 1. The van der Waals surface area contributed by atoms with E-state index in [1.807, 2.05) is 75.2 Å². The fraction of sp³-hybridized carbons (Fsp3) is 0.512. The maximum atomic E-state index is 13.4. The van der Waals surface area contributed by atoms with Gasteiger partial charge in [0, 0.05) is 75.5 Å². The molecule has 0 saturated carbocycles. The summed E-state index contributed by atoms with van der Waals surface area (Å²) in [6.07, 6.45) is 8.11. The van der Waals surface area contributed by atoms with Crippen LogP contribution in [0.4, 0.5) is 5.69 Å². The molecule has 2 aromatic carbocycles. The van der Waals surface area contributed by atoms with Crippen LogP contribution in [-0.2, 0) is 27.2 Å². The number of fused-ring (bicyclic) bond motifs is 2. The molecule has 0 N–H and O–H groups in total. The summed E-state index contributed by atoms with van der Waals surface area (Å²) in [5, 5.41) is 1.99. The molecule has 1 atom stereocenters. The minimum Gasteiger partial charge on any atom is -0.456 e. The molecule has 1 unspecified atom stereocenters. The van der Waals surface area contributed by atoms with Gasteiger partial charge in [0.15, 0.2) is 0 Å². The number of benzene rings is 2. The number of esters is 1. The van der Waals surface area contributed by atoms with E-state index in [0.717, 1.165) is 80.1 Å². The standard InChI is InChI=1S/C41H57N4O5PSi/c1-41(2,3)50-40(46)35-17-16-31(27-37(35)49-32-26-30-18-19-45(39(30)42-28-32)29-48-24-25-52(6,7)8)43-20-22-44(23-21-43)36-14-10-9-12-34-33(36)13-11-15-38(34)51(4,5)47/h11,13,15-19,26-28,36H,9-10,12,14,20-25,29H2,1-8H3. The Labute approximate surface area is 311 Å². The molecule has 2 aliphatic rings. The maximum absolute atomic E-state index is 13.4. The van der Waals surface area contributed by atoms with E-state index in [-0.39, 0.29) is 0 Å². The first-order valence-corrected chi connectivity index (χ1v) is 25.1. The fourth-order valence-electron chi connectivity index (χ4n) is 7.33. The van der Waals surface area contributed by atoms with E-state index in [0.29, 0.717) is 29.8 Å². The highest BCUT2D eigenvalue weighted by atomic mass is 31.2. The molecule has 11 heteroatoms. The third-order valence-electron chi connectivity index (χ3n) is 10.0. The van der Waals surface area contributed by atoms with Gasteiger partial charge in [0.05, 0.1) is 6.20 Å². The molecule has 52 heavy (non-hydrogen) atoms. The molecule has 9 nitrogen and oxygen atoms in total. The number of pyridine rings is 1. The van der Waals surface area contributed by atoms with Gasteiger partial charge in [0.1, 0.15) is 42.2 Å². The minimum absolute atomic E-state index is 0.327. The van der Waals surface area contributed by atoms with E-state index >= 15 is 0 Å². The van der Waals surface area contributed by atoms with E-state index in [9.17, 15) is 9.36 Å². The number of piperazine rings is 1. The molecule has 6 rings (SSSR count). The lowest BCUT2D eigenvalue weighted by molar-refractivity contribution is 0.00671. The zero-order chi connectivity index (χ0) is 37.3. The summed E-state index contributed by atoms with van der Waals surface area (Å²) in [6.45, 7) is 21.1. The second kappa shape index (κ2) is 15.5. The minimum atomic E-state index is -2.37. The Morgan fingerprint density at radius 1 is 1.00 bits per heavy atom. The summed E-state index contributed by atoms with van der Waals surface area (Å²) in [6, 6.07) is 17.6. The average Bonchev–Trinajstić information content (AvgIpc) is 3.34. The van der Waals surface area contributed by atoms with Gasteiger partial charge in [-0.1, -0.05) is 44.3 Å². The fourth-order valence-corrected chi connectivity index (χ4v) is 9.42. The molecule has 1 saturated heterocycles. The molecule has 0 bridgehead atoms. The van der Waals surface area contributed by atoms with E-state index in [1.54, 1.807) is 6.20 Å². The van der Waals surface area contributed by atoms with Crippen LogP contribution in [0.2, 0.25) is 25.7 Å². The van der Waals surface area contributed by atoms with Crippen LogP contribution in [0.3, 0.4) is 0 Å². The van der Waals surface area contributed by atoms with Crippen molar-refractivity contribution in [3.8, 4) is 11.5 Å². The summed E-state index contributed by atoms with van der Waals surface area (Å²) in [5.41, 5.74) is 4.23. The number of ether oxygens (including phenoxy) is 3. The molecule has 1 aliphatic carbocycles. The van der Waals surface area contributed by atoms with Gasteiger partial charge in [-0.15, -0.1) is 0 Å². The van der Waals surface area contributed by atoms with Crippen LogP contribution >= 0.6 is 7.14 Å². The van der Waals surface area contributed by atoms with Crippen molar-refractivity contribution in [2.24, 2.45) is 0 Å². The van der Waals surface area contributed by atoms with Crippen molar-refractivity contribution in [3.63, 3.8) is 0 Å². The number of nitrogens with zero attached hydrogens (tertiary/aromatic N) is 4. The van der Waals surface area contributed by atoms with Gasteiger partial charge >= 0.3 is 5.97 Å². The first-order chi connectivity index (χ1) is 24.6. The van der Waals surface area contributed by atoms with Gasteiger partial charge in [-0.25, -0.2) is 9.78 Å². The van der Waals surface area contributed by atoms with Crippen molar-refractivity contribution in [3.05, 3.63) is 77.6 Å². The van der Waals surface area contributed by atoms with Crippen LogP contribution in [0.15, 0.2) is 60.9 Å². The number of carbonyl (C=O) groups is 1. The Bertz CT molecular complexity index is 1930. The summed E-state index contributed by atoms with van der Waals surface area (Å²) in [5.74, 6) is 0.564. The van der Waals surface area contributed by atoms with E-state index < -0.39 is 26.8 Å². The van der Waals surface area contributed by atoms with Crippen molar-refractivity contribution in [1.82, 2.24) is 14.5 Å². The topological polar surface area (TPSA) is 86.1 Å². The number of rotatable bonds is 11. The maximum Gasteiger partial charge on any atom is 0.342 e. The lowest BCUT2D eigenvalue weighted by Crippen LogP contribution is -2.47.